The van der Waals surface area contributed by atoms with Gasteiger partial charge in [0.15, 0.2) is 5.78 Å². The van der Waals surface area contributed by atoms with Crippen molar-refractivity contribution in [1.29, 1.82) is 0 Å². The Morgan fingerprint density at radius 1 is 1.38 bits per heavy atom. The van der Waals surface area contributed by atoms with E-state index in [2.05, 4.69) is 4.98 Å². The summed E-state index contributed by atoms with van der Waals surface area (Å²) in [6, 6.07) is 3.52. The van der Waals surface area contributed by atoms with Gasteiger partial charge in [-0.05, 0) is 18.2 Å². The fourth-order valence-electron chi connectivity index (χ4n) is 2.04. The molecule has 0 fully saturated rings. The van der Waals surface area contributed by atoms with Crippen LogP contribution in [0.3, 0.4) is 0 Å². The highest BCUT2D eigenvalue weighted by atomic mass is 16.1. The van der Waals surface area contributed by atoms with E-state index in [1.54, 1.807) is 22.7 Å². The van der Waals surface area contributed by atoms with Gasteiger partial charge in [0.2, 0.25) is 0 Å². The number of Topliss-reactive ketones (excluding diaryl/α,β-unsaturated/α-hetero) is 1. The molecule has 0 bridgehead atoms. The average Bonchev–Trinajstić information content (AvgIpc) is 2.74. The Morgan fingerprint density at radius 2 is 2.19 bits per heavy atom. The summed E-state index contributed by atoms with van der Waals surface area (Å²) in [5, 5.41) is 0. The fraction of sp³-hybridized carbons (Fsp3) is 0.167. The maximum Gasteiger partial charge on any atom is 0.272 e. The molecule has 0 saturated carbocycles. The lowest BCUT2D eigenvalue weighted by atomic mass is 9.96. The number of allylic oxidation sites excluding steroid dienone is 1. The SMILES string of the molecule is CC1C=Cc2c([nH]c(=O)c3cccn23)C1=O. The summed E-state index contributed by atoms with van der Waals surface area (Å²) in [4.78, 5) is 26.3. The summed E-state index contributed by atoms with van der Waals surface area (Å²) in [5.41, 5.74) is 1.50. The molecule has 1 aliphatic rings. The number of aromatic nitrogens is 2. The maximum atomic E-state index is 11.9. The number of nitrogens with zero attached hydrogens (tertiary/aromatic N) is 1. The van der Waals surface area contributed by atoms with Gasteiger partial charge < -0.3 is 9.38 Å². The minimum atomic E-state index is -0.223. The van der Waals surface area contributed by atoms with E-state index in [1.807, 2.05) is 19.1 Å². The van der Waals surface area contributed by atoms with Gasteiger partial charge in [-0.1, -0.05) is 13.0 Å². The van der Waals surface area contributed by atoms with Crippen LogP contribution in [0.4, 0.5) is 0 Å². The van der Waals surface area contributed by atoms with Gasteiger partial charge in [-0.25, -0.2) is 0 Å². The zero-order valence-electron chi connectivity index (χ0n) is 8.73. The van der Waals surface area contributed by atoms with Crippen molar-refractivity contribution >= 4 is 17.4 Å². The molecule has 1 unspecified atom stereocenters. The molecule has 1 N–H and O–H groups in total. The Hall–Kier alpha value is -2.10. The predicted molar refractivity (Wildman–Crippen MR) is 60.5 cm³/mol. The Labute approximate surface area is 91.2 Å². The lowest BCUT2D eigenvalue weighted by Gasteiger charge is -2.15. The smallest absolute Gasteiger partial charge is 0.272 e. The zero-order chi connectivity index (χ0) is 11.3. The first-order valence-electron chi connectivity index (χ1n) is 5.14. The fourth-order valence-corrected chi connectivity index (χ4v) is 2.04. The van der Waals surface area contributed by atoms with Crippen LogP contribution in [0, 0.1) is 5.92 Å². The highest BCUT2D eigenvalue weighted by Crippen LogP contribution is 2.20. The number of hydrogen-bond donors (Lipinski definition) is 1. The van der Waals surface area contributed by atoms with E-state index >= 15 is 0 Å². The lowest BCUT2D eigenvalue weighted by Crippen LogP contribution is -2.24. The van der Waals surface area contributed by atoms with Gasteiger partial charge in [-0.15, -0.1) is 0 Å². The van der Waals surface area contributed by atoms with E-state index in [0.717, 1.165) is 5.69 Å². The maximum absolute atomic E-state index is 11.9. The van der Waals surface area contributed by atoms with E-state index in [9.17, 15) is 9.59 Å². The molecule has 2 heterocycles. The minimum Gasteiger partial charge on any atom is -0.316 e. The second-order valence-corrected chi connectivity index (χ2v) is 3.99. The third-order valence-electron chi connectivity index (χ3n) is 2.94. The first-order chi connectivity index (χ1) is 7.68. The third-order valence-corrected chi connectivity index (χ3v) is 2.94. The molecule has 4 heteroatoms. The van der Waals surface area contributed by atoms with E-state index in [-0.39, 0.29) is 17.3 Å². The molecule has 0 saturated heterocycles. The Bertz CT molecular complexity index is 676. The molecule has 1 atom stereocenters. The van der Waals surface area contributed by atoms with Crippen LogP contribution < -0.4 is 5.56 Å². The monoisotopic (exact) mass is 214 g/mol. The number of hydrogen-bond acceptors (Lipinski definition) is 2. The summed E-state index contributed by atoms with van der Waals surface area (Å²) < 4.78 is 1.74. The Balaban J connectivity index is 2.48. The first-order valence-corrected chi connectivity index (χ1v) is 5.14. The van der Waals surface area contributed by atoms with Crippen molar-refractivity contribution in [2.45, 2.75) is 6.92 Å². The minimum absolute atomic E-state index is 0.0369. The first kappa shape index (κ1) is 9.15. The second kappa shape index (κ2) is 2.95. The molecular formula is C12H10N2O2. The molecule has 0 aliphatic heterocycles. The number of rotatable bonds is 0. The molecule has 2 aromatic heterocycles. The van der Waals surface area contributed by atoms with Crippen molar-refractivity contribution < 1.29 is 4.79 Å². The largest absolute Gasteiger partial charge is 0.316 e. The normalized spacial score (nSPS) is 19.1. The average molecular weight is 214 g/mol. The van der Waals surface area contributed by atoms with Crippen LogP contribution in [0.15, 0.2) is 29.2 Å². The number of aromatic amines is 1. The van der Waals surface area contributed by atoms with Gasteiger partial charge in [-0.3, -0.25) is 9.59 Å². The topological polar surface area (TPSA) is 54.3 Å². The number of carbonyl (C=O) groups is 1. The molecule has 2 aromatic rings. The van der Waals surface area contributed by atoms with Gasteiger partial charge in [0, 0.05) is 12.1 Å². The van der Waals surface area contributed by atoms with Crippen molar-refractivity contribution in [2.24, 2.45) is 5.92 Å². The van der Waals surface area contributed by atoms with Crippen LogP contribution in [0.25, 0.3) is 11.6 Å². The highest BCUT2D eigenvalue weighted by Gasteiger charge is 2.23. The third kappa shape index (κ3) is 1.04. The molecule has 16 heavy (non-hydrogen) atoms. The van der Waals surface area contributed by atoms with Gasteiger partial charge in [0.1, 0.15) is 11.2 Å². The van der Waals surface area contributed by atoms with Crippen molar-refractivity contribution in [1.82, 2.24) is 9.38 Å². The van der Waals surface area contributed by atoms with Gasteiger partial charge >= 0.3 is 0 Å². The molecule has 3 rings (SSSR count). The van der Waals surface area contributed by atoms with E-state index in [1.165, 1.54) is 0 Å². The standard InChI is InChI=1S/C12H10N2O2/c1-7-4-5-8-10(11(7)15)13-12(16)9-3-2-6-14(8)9/h2-7H,1H3,(H,13,16). The second-order valence-electron chi connectivity index (χ2n) is 3.99. The van der Waals surface area contributed by atoms with Crippen molar-refractivity contribution in [3.63, 3.8) is 0 Å². The summed E-state index contributed by atoms with van der Waals surface area (Å²) in [6.45, 7) is 1.82. The van der Waals surface area contributed by atoms with E-state index in [0.29, 0.717) is 11.2 Å². The lowest BCUT2D eigenvalue weighted by molar-refractivity contribution is 0.0945. The number of nitrogens with one attached hydrogen (secondary N) is 1. The van der Waals surface area contributed by atoms with Crippen LogP contribution >= 0.6 is 0 Å². The summed E-state index contributed by atoms with van der Waals surface area (Å²) in [5.74, 6) is -0.207. The predicted octanol–water partition coefficient (Wildman–Crippen LogP) is 1.47. The van der Waals surface area contributed by atoms with Crippen LogP contribution in [0.1, 0.15) is 23.1 Å². The zero-order valence-corrected chi connectivity index (χ0v) is 8.73. The quantitative estimate of drug-likeness (QED) is 0.722. The number of ketones is 1. The van der Waals surface area contributed by atoms with Crippen molar-refractivity contribution in [2.75, 3.05) is 0 Å². The number of fused-ring (bicyclic) bond motifs is 3. The van der Waals surface area contributed by atoms with E-state index < -0.39 is 0 Å². The molecule has 4 nitrogen and oxygen atoms in total. The molecule has 0 radical (unpaired) electrons. The highest BCUT2D eigenvalue weighted by molar-refractivity contribution is 6.02. The molecular weight excluding hydrogens is 204 g/mol. The van der Waals surface area contributed by atoms with Crippen molar-refractivity contribution in [3.8, 4) is 0 Å². The molecule has 1 aliphatic carbocycles. The van der Waals surface area contributed by atoms with E-state index in [4.69, 9.17) is 0 Å². The van der Waals surface area contributed by atoms with Gasteiger partial charge in [-0.2, -0.15) is 0 Å². The van der Waals surface area contributed by atoms with Crippen molar-refractivity contribution in [3.05, 3.63) is 46.1 Å². The van der Waals surface area contributed by atoms with Gasteiger partial charge in [0.25, 0.3) is 5.56 Å². The molecule has 0 amide bonds. The molecule has 0 spiro atoms. The number of carbonyl (C=O) groups excluding carboxylic acids is 1. The van der Waals surface area contributed by atoms with Gasteiger partial charge in [0.05, 0.1) is 5.69 Å². The summed E-state index contributed by atoms with van der Waals surface area (Å²) in [6.07, 6.45) is 5.52. The molecule has 80 valence electrons. The Morgan fingerprint density at radius 3 is 3.00 bits per heavy atom. The number of H-pyrrole nitrogens is 1. The van der Waals surface area contributed by atoms with Crippen LogP contribution in [-0.2, 0) is 0 Å². The van der Waals surface area contributed by atoms with Crippen LogP contribution in [0.2, 0.25) is 0 Å². The molecule has 0 aromatic carbocycles. The van der Waals surface area contributed by atoms with Crippen LogP contribution in [-0.4, -0.2) is 15.2 Å². The summed E-state index contributed by atoms with van der Waals surface area (Å²) in [7, 11) is 0. The Kier molecular flexibility index (Phi) is 1.68. The summed E-state index contributed by atoms with van der Waals surface area (Å²) >= 11 is 0. The van der Waals surface area contributed by atoms with Crippen LogP contribution in [0.5, 0.6) is 0 Å².